The molecular formula is C19H21N3OS. The fourth-order valence-corrected chi connectivity index (χ4v) is 3.58. The minimum absolute atomic E-state index is 0.0909. The number of ether oxygens (including phenoxy) is 1. The van der Waals surface area contributed by atoms with Crippen LogP contribution in [0.4, 0.5) is 5.82 Å². The highest BCUT2D eigenvalue weighted by Crippen LogP contribution is 2.33. The summed E-state index contributed by atoms with van der Waals surface area (Å²) >= 11 is 5.70. The lowest BCUT2D eigenvalue weighted by atomic mass is 9.91. The zero-order chi connectivity index (χ0) is 17.4. The SMILES string of the molecule is Cc1cccc(-n2c(N)c(C#N)c3c(c2=S)CO[C@@H](C(C)C)C3)c1. The molecule has 4 nitrogen and oxygen atoms in total. The number of aryl methyl sites for hydroxylation is 1. The van der Waals surface area contributed by atoms with Crippen LogP contribution in [-0.4, -0.2) is 10.7 Å². The maximum Gasteiger partial charge on any atom is 0.127 e. The highest BCUT2D eigenvalue weighted by atomic mass is 32.1. The average molecular weight is 339 g/mol. The highest BCUT2D eigenvalue weighted by molar-refractivity contribution is 7.71. The van der Waals surface area contributed by atoms with Crippen molar-refractivity contribution >= 4 is 18.0 Å². The fourth-order valence-electron chi connectivity index (χ4n) is 3.19. The van der Waals surface area contributed by atoms with Gasteiger partial charge in [0.1, 0.15) is 16.5 Å². The molecule has 1 aliphatic heterocycles. The van der Waals surface area contributed by atoms with E-state index in [1.807, 2.05) is 31.2 Å². The molecule has 1 aromatic heterocycles. The molecule has 2 heterocycles. The molecular weight excluding hydrogens is 318 g/mol. The Morgan fingerprint density at radius 3 is 2.75 bits per heavy atom. The molecule has 5 heteroatoms. The summed E-state index contributed by atoms with van der Waals surface area (Å²) < 4.78 is 8.39. The van der Waals surface area contributed by atoms with Gasteiger partial charge in [0.15, 0.2) is 0 Å². The molecule has 2 N–H and O–H groups in total. The number of rotatable bonds is 2. The summed E-state index contributed by atoms with van der Waals surface area (Å²) in [4.78, 5) is 0. The van der Waals surface area contributed by atoms with Crippen molar-refractivity contribution in [2.24, 2.45) is 5.92 Å². The van der Waals surface area contributed by atoms with Crippen molar-refractivity contribution in [3.05, 3.63) is 51.2 Å². The van der Waals surface area contributed by atoms with Crippen molar-refractivity contribution in [3.63, 3.8) is 0 Å². The Hall–Kier alpha value is -2.16. The van der Waals surface area contributed by atoms with E-state index in [4.69, 9.17) is 22.7 Å². The molecule has 0 amide bonds. The van der Waals surface area contributed by atoms with Crippen LogP contribution in [0.2, 0.25) is 0 Å². The van der Waals surface area contributed by atoms with E-state index in [0.717, 1.165) is 22.4 Å². The first-order valence-electron chi connectivity index (χ1n) is 8.09. The monoisotopic (exact) mass is 339 g/mol. The summed E-state index contributed by atoms with van der Waals surface area (Å²) in [7, 11) is 0. The predicted octanol–water partition coefficient (Wildman–Crippen LogP) is 4.07. The lowest BCUT2D eigenvalue weighted by Gasteiger charge is -2.30. The second-order valence-electron chi connectivity index (χ2n) is 6.61. The Bertz CT molecular complexity index is 893. The molecule has 24 heavy (non-hydrogen) atoms. The van der Waals surface area contributed by atoms with Crippen molar-refractivity contribution in [3.8, 4) is 11.8 Å². The van der Waals surface area contributed by atoms with E-state index < -0.39 is 0 Å². The number of hydrogen-bond acceptors (Lipinski definition) is 4. The van der Waals surface area contributed by atoms with Gasteiger partial charge in [0, 0.05) is 17.7 Å². The van der Waals surface area contributed by atoms with Gasteiger partial charge in [-0.25, -0.2) is 0 Å². The summed E-state index contributed by atoms with van der Waals surface area (Å²) in [6.07, 6.45) is 0.770. The number of benzene rings is 1. The van der Waals surface area contributed by atoms with Crippen LogP contribution >= 0.6 is 12.2 Å². The van der Waals surface area contributed by atoms with Crippen molar-refractivity contribution in [2.45, 2.75) is 39.9 Å². The average Bonchev–Trinajstić information content (AvgIpc) is 2.55. The molecule has 1 atom stereocenters. The molecule has 3 rings (SSSR count). The summed E-state index contributed by atoms with van der Waals surface area (Å²) in [6, 6.07) is 10.2. The fraction of sp³-hybridized carbons (Fsp3) is 0.368. The van der Waals surface area contributed by atoms with E-state index in [1.165, 1.54) is 0 Å². The van der Waals surface area contributed by atoms with Gasteiger partial charge in [-0.15, -0.1) is 0 Å². The molecule has 0 bridgehead atoms. The molecule has 0 fully saturated rings. The Morgan fingerprint density at radius 2 is 2.12 bits per heavy atom. The lowest BCUT2D eigenvalue weighted by molar-refractivity contribution is -0.000853. The third-order valence-electron chi connectivity index (χ3n) is 4.59. The normalized spacial score (nSPS) is 16.7. The molecule has 0 spiro atoms. The zero-order valence-corrected chi connectivity index (χ0v) is 15.0. The second-order valence-corrected chi connectivity index (χ2v) is 6.99. The predicted molar refractivity (Wildman–Crippen MR) is 97.6 cm³/mol. The maximum atomic E-state index is 9.70. The summed E-state index contributed by atoms with van der Waals surface area (Å²) in [6.45, 7) is 6.69. The highest BCUT2D eigenvalue weighted by Gasteiger charge is 2.28. The van der Waals surface area contributed by atoms with Gasteiger partial charge in [0.2, 0.25) is 0 Å². The van der Waals surface area contributed by atoms with Crippen LogP contribution in [0.5, 0.6) is 0 Å². The number of hydrogen-bond donors (Lipinski definition) is 1. The van der Waals surface area contributed by atoms with Crippen LogP contribution in [-0.2, 0) is 17.8 Å². The molecule has 1 aliphatic rings. The smallest absolute Gasteiger partial charge is 0.127 e. The number of anilines is 1. The molecule has 124 valence electrons. The third kappa shape index (κ3) is 2.72. The number of pyridine rings is 1. The lowest BCUT2D eigenvalue weighted by Crippen LogP contribution is -2.29. The van der Waals surface area contributed by atoms with Crippen LogP contribution in [0, 0.1) is 28.8 Å². The van der Waals surface area contributed by atoms with Crippen molar-refractivity contribution < 1.29 is 4.74 Å². The van der Waals surface area contributed by atoms with Crippen LogP contribution in [0.25, 0.3) is 5.69 Å². The van der Waals surface area contributed by atoms with E-state index in [9.17, 15) is 5.26 Å². The van der Waals surface area contributed by atoms with Gasteiger partial charge in [-0.3, -0.25) is 4.57 Å². The molecule has 0 aliphatic carbocycles. The second kappa shape index (κ2) is 6.39. The summed E-state index contributed by atoms with van der Waals surface area (Å²) in [5.41, 5.74) is 10.7. The van der Waals surface area contributed by atoms with Gasteiger partial charge in [-0.2, -0.15) is 5.26 Å². The van der Waals surface area contributed by atoms with Gasteiger partial charge in [-0.1, -0.05) is 38.2 Å². The van der Waals surface area contributed by atoms with Gasteiger partial charge in [-0.05, 0) is 36.1 Å². The number of fused-ring (bicyclic) bond motifs is 1. The number of nitrogens with zero attached hydrogens (tertiary/aromatic N) is 2. The maximum absolute atomic E-state index is 9.70. The van der Waals surface area contributed by atoms with E-state index in [2.05, 4.69) is 19.9 Å². The largest absolute Gasteiger partial charge is 0.384 e. The van der Waals surface area contributed by atoms with E-state index in [0.29, 0.717) is 35.0 Å². The first-order chi connectivity index (χ1) is 11.4. The Kier molecular flexibility index (Phi) is 4.44. The Balaban J connectivity index is 2.26. The standard InChI is InChI=1S/C19H21N3OS/c1-11(2)17-8-14-15(9-20)18(21)22(19(24)16(14)10-23-17)13-6-4-5-12(3)7-13/h4-7,11,17H,8,10,21H2,1-3H3/t17-/m1/s1. The van der Waals surface area contributed by atoms with Crippen LogP contribution < -0.4 is 5.73 Å². The summed E-state index contributed by atoms with van der Waals surface area (Å²) in [5.74, 6) is 0.792. The quantitative estimate of drug-likeness (QED) is 0.838. The molecule has 2 aromatic rings. The van der Waals surface area contributed by atoms with Gasteiger partial charge < -0.3 is 10.5 Å². The van der Waals surface area contributed by atoms with Crippen LogP contribution in [0.1, 0.15) is 36.1 Å². The van der Waals surface area contributed by atoms with Crippen LogP contribution in [0.3, 0.4) is 0 Å². The topological polar surface area (TPSA) is 64.0 Å². The summed E-state index contributed by atoms with van der Waals surface area (Å²) in [5, 5.41) is 9.70. The Labute approximate surface area is 147 Å². The number of aromatic nitrogens is 1. The molecule has 0 saturated heterocycles. The van der Waals surface area contributed by atoms with Crippen molar-refractivity contribution in [2.75, 3.05) is 5.73 Å². The molecule has 1 aromatic carbocycles. The first-order valence-corrected chi connectivity index (χ1v) is 8.49. The van der Waals surface area contributed by atoms with E-state index in [-0.39, 0.29) is 6.10 Å². The van der Waals surface area contributed by atoms with Crippen molar-refractivity contribution in [1.82, 2.24) is 4.57 Å². The first kappa shape index (κ1) is 16.7. The number of nitriles is 1. The molecule has 0 unspecified atom stereocenters. The number of nitrogen functional groups attached to an aromatic ring is 1. The van der Waals surface area contributed by atoms with Crippen LogP contribution in [0.15, 0.2) is 24.3 Å². The third-order valence-corrected chi connectivity index (χ3v) is 5.02. The van der Waals surface area contributed by atoms with E-state index >= 15 is 0 Å². The molecule has 0 radical (unpaired) electrons. The van der Waals surface area contributed by atoms with Gasteiger partial charge in [0.05, 0.1) is 18.3 Å². The number of nitrogens with two attached hydrogens (primary N) is 1. The van der Waals surface area contributed by atoms with Gasteiger partial charge >= 0.3 is 0 Å². The minimum atomic E-state index is 0.0909. The minimum Gasteiger partial charge on any atom is -0.384 e. The van der Waals surface area contributed by atoms with E-state index in [1.54, 1.807) is 4.57 Å². The molecule has 0 saturated carbocycles. The zero-order valence-electron chi connectivity index (χ0n) is 14.2. The Morgan fingerprint density at radius 1 is 1.38 bits per heavy atom. The van der Waals surface area contributed by atoms with Gasteiger partial charge in [0.25, 0.3) is 0 Å². The van der Waals surface area contributed by atoms with Crippen molar-refractivity contribution in [1.29, 1.82) is 5.26 Å².